The van der Waals surface area contributed by atoms with Crippen molar-refractivity contribution in [2.45, 2.75) is 41.5 Å². The summed E-state index contributed by atoms with van der Waals surface area (Å²) < 4.78 is 0. The van der Waals surface area contributed by atoms with E-state index < -0.39 is 0 Å². The van der Waals surface area contributed by atoms with Crippen molar-refractivity contribution >= 4 is 23.2 Å². The van der Waals surface area contributed by atoms with Crippen LogP contribution in [0.1, 0.15) is 44.5 Å². The molecule has 0 unspecified atom stereocenters. The largest absolute Gasteiger partial charge is 0.321 e. The molecule has 0 aliphatic carbocycles. The lowest BCUT2D eigenvalue weighted by Gasteiger charge is -2.12. The Hall–Kier alpha value is -3.14. The van der Waals surface area contributed by atoms with Gasteiger partial charge in [0.1, 0.15) is 0 Å². The van der Waals surface area contributed by atoms with E-state index in [9.17, 15) is 9.59 Å². The van der Waals surface area contributed by atoms with Gasteiger partial charge in [0.2, 0.25) is 0 Å². The van der Waals surface area contributed by atoms with Gasteiger partial charge < -0.3 is 10.6 Å². The summed E-state index contributed by atoms with van der Waals surface area (Å²) in [5.41, 5.74) is 10.8. The standard InChI is InChI=1S/C24H24N2O2/c1-11-7-17(8-12(2)15(11)5)21-19-20(24(28)25-21)22(26-23(19)27)18-9-13(3)16(6)14(4)10-18/h7-10H,1-6H3,(H,25,28)(H,26,27). The van der Waals surface area contributed by atoms with Crippen LogP contribution in [-0.4, -0.2) is 11.8 Å². The van der Waals surface area contributed by atoms with E-state index in [1.807, 2.05) is 52.0 Å². The maximum atomic E-state index is 12.8. The number of benzene rings is 2. The molecule has 0 spiro atoms. The molecule has 0 saturated heterocycles. The summed E-state index contributed by atoms with van der Waals surface area (Å²) in [6.07, 6.45) is 0. The number of aryl methyl sites for hydroxylation is 4. The van der Waals surface area contributed by atoms with Crippen LogP contribution < -0.4 is 10.6 Å². The molecule has 0 saturated carbocycles. The van der Waals surface area contributed by atoms with Gasteiger partial charge in [-0.1, -0.05) is 0 Å². The number of hydrogen-bond acceptors (Lipinski definition) is 2. The topological polar surface area (TPSA) is 58.2 Å². The summed E-state index contributed by atoms with van der Waals surface area (Å²) in [5.74, 6) is -0.463. The third-order valence-electron chi connectivity index (χ3n) is 6.11. The van der Waals surface area contributed by atoms with Gasteiger partial charge in [0.05, 0.1) is 22.5 Å². The minimum Gasteiger partial charge on any atom is -0.321 e. The first-order valence-corrected chi connectivity index (χ1v) is 9.47. The van der Waals surface area contributed by atoms with Gasteiger partial charge in [-0.2, -0.15) is 0 Å². The van der Waals surface area contributed by atoms with Gasteiger partial charge in [-0.15, -0.1) is 0 Å². The van der Waals surface area contributed by atoms with Gasteiger partial charge in [0.15, 0.2) is 0 Å². The summed E-state index contributed by atoms with van der Waals surface area (Å²) in [5, 5.41) is 5.88. The van der Waals surface area contributed by atoms with Crippen LogP contribution in [-0.2, 0) is 9.59 Å². The van der Waals surface area contributed by atoms with E-state index >= 15 is 0 Å². The van der Waals surface area contributed by atoms with Crippen LogP contribution in [0.15, 0.2) is 35.4 Å². The van der Waals surface area contributed by atoms with Crippen LogP contribution in [0.3, 0.4) is 0 Å². The zero-order valence-electron chi connectivity index (χ0n) is 17.1. The fourth-order valence-corrected chi connectivity index (χ4v) is 3.97. The molecule has 2 aromatic carbocycles. The molecule has 0 radical (unpaired) electrons. The highest BCUT2D eigenvalue weighted by atomic mass is 16.2. The molecular formula is C24H24N2O2. The minimum atomic E-state index is -0.231. The molecule has 0 bridgehead atoms. The van der Waals surface area contributed by atoms with Gasteiger partial charge in [-0.3, -0.25) is 9.59 Å². The SMILES string of the molecule is Cc1cc(C2=C3C(=O)NC(c4cc(C)c(C)c(C)c4)=C3C(=O)N2)cc(C)c1C. The van der Waals surface area contributed by atoms with E-state index in [1.54, 1.807) is 0 Å². The predicted molar refractivity (Wildman–Crippen MR) is 111 cm³/mol. The molecule has 4 heteroatoms. The van der Waals surface area contributed by atoms with Crippen molar-refractivity contribution in [1.82, 2.24) is 10.6 Å². The molecule has 2 aliphatic heterocycles. The second-order valence-corrected chi connectivity index (χ2v) is 7.88. The van der Waals surface area contributed by atoms with Crippen LogP contribution in [0.5, 0.6) is 0 Å². The first-order chi connectivity index (χ1) is 13.2. The van der Waals surface area contributed by atoms with E-state index in [1.165, 1.54) is 11.1 Å². The molecule has 2 aromatic rings. The van der Waals surface area contributed by atoms with Gasteiger partial charge in [-0.25, -0.2) is 0 Å². The lowest BCUT2D eigenvalue weighted by Crippen LogP contribution is -2.21. The zero-order chi connectivity index (χ0) is 20.3. The highest BCUT2D eigenvalue weighted by Crippen LogP contribution is 2.38. The van der Waals surface area contributed by atoms with Crippen LogP contribution in [0, 0.1) is 41.5 Å². The Morgan fingerprint density at radius 1 is 0.536 bits per heavy atom. The fourth-order valence-electron chi connectivity index (χ4n) is 3.97. The van der Waals surface area contributed by atoms with Crippen molar-refractivity contribution < 1.29 is 9.59 Å². The minimum absolute atomic E-state index is 0.231. The Bertz CT molecular complexity index is 1010. The Morgan fingerprint density at radius 3 is 1.11 bits per heavy atom. The van der Waals surface area contributed by atoms with Crippen molar-refractivity contribution in [2.75, 3.05) is 0 Å². The lowest BCUT2D eigenvalue weighted by atomic mass is 9.95. The number of carbonyl (C=O) groups is 2. The second-order valence-electron chi connectivity index (χ2n) is 7.88. The number of hydrogen-bond donors (Lipinski definition) is 2. The Kier molecular flexibility index (Phi) is 4.03. The van der Waals surface area contributed by atoms with Crippen LogP contribution in [0.25, 0.3) is 11.4 Å². The first-order valence-electron chi connectivity index (χ1n) is 9.47. The summed E-state index contributed by atoms with van der Waals surface area (Å²) in [6, 6.07) is 8.11. The highest BCUT2D eigenvalue weighted by molar-refractivity contribution is 6.30. The number of amides is 2. The maximum Gasteiger partial charge on any atom is 0.258 e. The van der Waals surface area contributed by atoms with E-state index in [2.05, 4.69) is 24.5 Å². The molecule has 4 rings (SSSR count). The molecule has 28 heavy (non-hydrogen) atoms. The van der Waals surface area contributed by atoms with Crippen LogP contribution >= 0.6 is 0 Å². The van der Waals surface area contributed by atoms with Crippen molar-refractivity contribution in [1.29, 1.82) is 0 Å². The molecular weight excluding hydrogens is 348 g/mol. The maximum absolute atomic E-state index is 12.8. The third-order valence-corrected chi connectivity index (χ3v) is 6.11. The summed E-state index contributed by atoms with van der Waals surface area (Å²) >= 11 is 0. The predicted octanol–water partition coefficient (Wildman–Crippen LogP) is 3.92. The quantitative estimate of drug-likeness (QED) is 0.839. The van der Waals surface area contributed by atoms with E-state index in [4.69, 9.17) is 0 Å². The average Bonchev–Trinajstić information content (AvgIpc) is 3.15. The Labute approximate surface area is 165 Å². The highest BCUT2D eigenvalue weighted by Gasteiger charge is 2.41. The Balaban J connectivity index is 1.93. The molecule has 4 nitrogen and oxygen atoms in total. The number of nitrogens with one attached hydrogen (secondary N) is 2. The third kappa shape index (κ3) is 2.60. The van der Waals surface area contributed by atoms with Gasteiger partial charge in [0.25, 0.3) is 11.8 Å². The summed E-state index contributed by atoms with van der Waals surface area (Å²) in [7, 11) is 0. The van der Waals surface area contributed by atoms with Crippen molar-refractivity contribution in [3.05, 3.63) is 79.9 Å². The molecule has 0 aromatic heterocycles. The van der Waals surface area contributed by atoms with E-state index in [0.717, 1.165) is 33.4 Å². The van der Waals surface area contributed by atoms with E-state index in [-0.39, 0.29) is 11.8 Å². The van der Waals surface area contributed by atoms with E-state index in [0.29, 0.717) is 22.5 Å². The number of rotatable bonds is 2. The average molecular weight is 372 g/mol. The second kappa shape index (κ2) is 6.20. The van der Waals surface area contributed by atoms with Crippen LogP contribution in [0.2, 0.25) is 0 Å². The summed E-state index contributed by atoms with van der Waals surface area (Å²) in [6.45, 7) is 12.3. The summed E-state index contributed by atoms with van der Waals surface area (Å²) in [4.78, 5) is 25.7. The molecule has 2 heterocycles. The zero-order valence-corrected chi connectivity index (χ0v) is 17.1. The normalized spacial score (nSPS) is 15.9. The number of carbonyl (C=O) groups excluding carboxylic acids is 2. The molecule has 0 atom stereocenters. The lowest BCUT2D eigenvalue weighted by molar-refractivity contribution is -0.117. The molecule has 0 fully saturated rings. The van der Waals surface area contributed by atoms with Crippen molar-refractivity contribution in [2.24, 2.45) is 0 Å². The van der Waals surface area contributed by atoms with Crippen LogP contribution in [0.4, 0.5) is 0 Å². The van der Waals surface area contributed by atoms with Crippen molar-refractivity contribution in [3.8, 4) is 0 Å². The molecule has 2 aliphatic rings. The smallest absolute Gasteiger partial charge is 0.258 e. The monoisotopic (exact) mass is 372 g/mol. The van der Waals surface area contributed by atoms with Crippen molar-refractivity contribution in [3.63, 3.8) is 0 Å². The fraction of sp³-hybridized carbons (Fsp3) is 0.250. The molecule has 2 amide bonds. The number of fused-ring (bicyclic) bond motifs is 1. The van der Waals surface area contributed by atoms with Gasteiger partial charge in [0, 0.05) is 0 Å². The molecule has 2 N–H and O–H groups in total. The first kappa shape index (κ1) is 18.2. The van der Waals surface area contributed by atoms with Gasteiger partial charge in [-0.05, 0) is 110 Å². The molecule has 142 valence electrons. The van der Waals surface area contributed by atoms with Gasteiger partial charge >= 0.3 is 0 Å². The Morgan fingerprint density at radius 2 is 0.821 bits per heavy atom.